The van der Waals surface area contributed by atoms with Crippen molar-refractivity contribution < 1.29 is 36.8 Å². The zero-order valence-corrected chi connectivity index (χ0v) is 19.0. The summed E-state index contributed by atoms with van der Waals surface area (Å²) in [5, 5.41) is 17.5. The van der Waals surface area contributed by atoms with Crippen molar-refractivity contribution in [3.8, 4) is 17.2 Å². The molecule has 0 bridgehead atoms. The van der Waals surface area contributed by atoms with Gasteiger partial charge in [0, 0.05) is 17.4 Å². The third-order valence-electron chi connectivity index (χ3n) is 4.90. The molecule has 4 heterocycles. The van der Waals surface area contributed by atoms with Crippen LogP contribution in [0, 0.1) is 10.1 Å². The van der Waals surface area contributed by atoms with Gasteiger partial charge >= 0.3 is 17.7 Å². The van der Waals surface area contributed by atoms with Crippen LogP contribution in [0.5, 0.6) is 5.88 Å². The summed E-state index contributed by atoms with van der Waals surface area (Å²) in [4.78, 5) is 38.4. The molecule has 0 atom stereocenters. The molecule has 36 heavy (non-hydrogen) atoms. The number of hydrogen-bond acceptors (Lipinski definition) is 9. The zero-order chi connectivity index (χ0) is 26.2. The van der Waals surface area contributed by atoms with Gasteiger partial charge < -0.3 is 20.2 Å². The van der Waals surface area contributed by atoms with Crippen molar-refractivity contribution in [1.82, 2.24) is 14.8 Å². The van der Waals surface area contributed by atoms with Gasteiger partial charge in [0.2, 0.25) is 5.91 Å². The van der Waals surface area contributed by atoms with Crippen molar-refractivity contribution >= 4 is 44.7 Å². The highest BCUT2D eigenvalue weighted by Gasteiger charge is 2.35. The molecule has 4 rings (SSSR count). The lowest BCUT2D eigenvalue weighted by Gasteiger charge is -2.11. The molecule has 2 amide bonds. The molecule has 0 aliphatic heterocycles. The van der Waals surface area contributed by atoms with Crippen molar-refractivity contribution in [3.05, 3.63) is 51.3 Å². The van der Waals surface area contributed by atoms with E-state index in [9.17, 15) is 32.9 Å². The summed E-state index contributed by atoms with van der Waals surface area (Å²) in [6, 6.07) is 3.63. The van der Waals surface area contributed by atoms with E-state index in [1.165, 1.54) is 25.5 Å². The normalized spacial score (nSPS) is 11.6. The van der Waals surface area contributed by atoms with Crippen LogP contribution < -0.4 is 15.8 Å². The predicted molar refractivity (Wildman–Crippen MR) is 120 cm³/mol. The number of nitro groups is 1. The average molecular weight is 524 g/mol. The average Bonchev–Trinajstić information content (AvgIpc) is 3.55. The van der Waals surface area contributed by atoms with Gasteiger partial charge in [0.05, 0.1) is 30.5 Å². The number of fused-ring (bicyclic) bond motifs is 1. The molecule has 4 aromatic heterocycles. The van der Waals surface area contributed by atoms with Crippen LogP contribution in [0.15, 0.2) is 35.1 Å². The van der Waals surface area contributed by atoms with Gasteiger partial charge in [-0.1, -0.05) is 0 Å². The predicted octanol–water partition coefficient (Wildman–Crippen LogP) is 3.82. The van der Waals surface area contributed by atoms with Crippen LogP contribution in [0.3, 0.4) is 0 Å². The van der Waals surface area contributed by atoms with E-state index in [2.05, 4.69) is 15.4 Å². The number of pyridine rings is 1. The fraction of sp³-hybridized carbons (Fsp3) is 0.200. The Morgan fingerprint density at radius 3 is 2.69 bits per heavy atom. The molecule has 0 saturated heterocycles. The summed E-state index contributed by atoms with van der Waals surface area (Å²) in [5.41, 5.74) is 3.64. The molecule has 0 aromatic carbocycles. The first-order chi connectivity index (χ1) is 17.0. The third-order valence-corrected chi connectivity index (χ3v) is 5.99. The third kappa shape index (κ3) is 4.70. The number of ether oxygens (including phenoxy) is 1. The molecule has 12 nitrogen and oxygen atoms in total. The van der Waals surface area contributed by atoms with E-state index in [0.29, 0.717) is 11.3 Å². The van der Waals surface area contributed by atoms with E-state index in [1.807, 2.05) is 0 Å². The van der Waals surface area contributed by atoms with Gasteiger partial charge in [-0.25, -0.2) is 4.98 Å². The van der Waals surface area contributed by atoms with Crippen LogP contribution in [0.4, 0.5) is 24.5 Å². The number of primary amides is 1. The van der Waals surface area contributed by atoms with E-state index >= 15 is 0 Å². The lowest BCUT2D eigenvalue weighted by molar-refractivity contribution is -0.385. The number of amides is 2. The number of carbonyl (C=O) groups is 2. The maximum atomic E-state index is 13.5. The molecular formula is C20H15F3N6O6S. The second-order valence-electron chi connectivity index (χ2n) is 7.22. The van der Waals surface area contributed by atoms with Gasteiger partial charge in [-0.15, -0.1) is 16.4 Å². The van der Waals surface area contributed by atoms with E-state index in [1.54, 1.807) is 0 Å². The number of nitrogens with one attached hydrogen (secondary N) is 1. The van der Waals surface area contributed by atoms with Crippen LogP contribution in [0.25, 0.3) is 21.5 Å². The summed E-state index contributed by atoms with van der Waals surface area (Å²) in [5.74, 6) is -1.85. The van der Waals surface area contributed by atoms with Crippen LogP contribution in [0.1, 0.15) is 21.8 Å². The van der Waals surface area contributed by atoms with Crippen molar-refractivity contribution in [2.75, 3.05) is 12.4 Å². The molecule has 0 aliphatic rings. The number of nitrogens with zero attached hydrogens (tertiary/aromatic N) is 4. The van der Waals surface area contributed by atoms with Crippen molar-refractivity contribution in [2.24, 2.45) is 5.73 Å². The first kappa shape index (κ1) is 24.6. The zero-order valence-electron chi connectivity index (χ0n) is 18.2. The van der Waals surface area contributed by atoms with Gasteiger partial charge in [-0.3, -0.25) is 24.4 Å². The number of thiophene rings is 1. The number of rotatable bonds is 8. The Balaban J connectivity index is 1.71. The van der Waals surface area contributed by atoms with E-state index in [0.717, 1.165) is 16.9 Å². The Hall–Kier alpha value is -4.47. The number of hydrogen-bond donors (Lipinski definition) is 2. The first-order valence-electron chi connectivity index (χ1n) is 9.93. The Morgan fingerprint density at radius 1 is 1.39 bits per heavy atom. The van der Waals surface area contributed by atoms with Crippen LogP contribution in [-0.2, 0) is 17.5 Å². The SMILES string of the molecule is COc1nn(CCC(=O)Nc2c(C(N)=O)sc3nc(C(F)(F)F)cc(-c4ccco4)c23)cc1[N+](=O)[O-]. The topological polar surface area (TPSA) is 168 Å². The number of alkyl halides is 3. The number of carbonyl (C=O) groups excluding carboxylic acids is 2. The van der Waals surface area contributed by atoms with Gasteiger partial charge in [0.25, 0.3) is 5.91 Å². The van der Waals surface area contributed by atoms with Crippen molar-refractivity contribution in [1.29, 1.82) is 0 Å². The second-order valence-corrected chi connectivity index (χ2v) is 8.22. The lowest BCUT2D eigenvalue weighted by atomic mass is 10.1. The van der Waals surface area contributed by atoms with Crippen LogP contribution >= 0.6 is 11.3 Å². The molecule has 3 N–H and O–H groups in total. The quantitative estimate of drug-likeness (QED) is 0.259. The van der Waals surface area contributed by atoms with Crippen molar-refractivity contribution in [2.45, 2.75) is 19.1 Å². The number of methoxy groups -OCH3 is 1. The van der Waals surface area contributed by atoms with Crippen LogP contribution in [0.2, 0.25) is 0 Å². The Morgan fingerprint density at radius 2 is 2.14 bits per heavy atom. The second kappa shape index (κ2) is 9.29. The van der Waals surface area contributed by atoms with E-state index in [-0.39, 0.29) is 51.0 Å². The molecule has 0 aliphatic carbocycles. The van der Waals surface area contributed by atoms with Gasteiger partial charge in [-0.2, -0.15) is 13.2 Å². The Bertz CT molecular complexity index is 1480. The summed E-state index contributed by atoms with van der Waals surface area (Å²) in [6.45, 7) is -0.106. The Labute approximate surface area is 202 Å². The first-order valence-corrected chi connectivity index (χ1v) is 10.7. The number of aryl methyl sites for hydroxylation is 1. The minimum absolute atomic E-state index is 0.0431. The standard InChI is InChI=1S/C20H15F3N6O6S/c1-34-18-10(29(32)33)8-28(27-18)5-4-13(30)26-15-14-9(11-3-2-6-35-11)7-12(20(21,22)23)25-19(14)36-16(15)17(24)31/h2-3,6-8H,4-5H2,1H3,(H2,24,31)(H,26,30). The molecule has 0 radical (unpaired) electrons. The highest BCUT2D eigenvalue weighted by molar-refractivity contribution is 7.21. The fourth-order valence-corrected chi connectivity index (χ4v) is 4.37. The number of furan rings is 1. The maximum absolute atomic E-state index is 13.5. The minimum Gasteiger partial charge on any atom is -0.475 e. The number of aromatic nitrogens is 3. The molecule has 4 aromatic rings. The summed E-state index contributed by atoms with van der Waals surface area (Å²) >= 11 is 0.591. The van der Waals surface area contributed by atoms with Gasteiger partial charge in [0.1, 0.15) is 27.4 Å². The molecular weight excluding hydrogens is 509 g/mol. The molecule has 188 valence electrons. The summed E-state index contributed by atoms with van der Waals surface area (Å²) in [6.07, 6.45) is -2.71. The largest absolute Gasteiger partial charge is 0.475 e. The monoisotopic (exact) mass is 524 g/mol. The molecule has 0 saturated carbocycles. The summed E-state index contributed by atoms with van der Waals surface area (Å²) in [7, 11) is 1.20. The van der Waals surface area contributed by atoms with Crippen LogP contribution in [-0.4, -0.2) is 38.6 Å². The lowest BCUT2D eigenvalue weighted by Crippen LogP contribution is -2.18. The molecule has 16 heteroatoms. The highest BCUT2D eigenvalue weighted by Crippen LogP contribution is 2.43. The number of anilines is 1. The Kier molecular flexibility index (Phi) is 6.36. The number of nitrogens with two attached hydrogens (primary N) is 1. The maximum Gasteiger partial charge on any atom is 0.433 e. The molecule has 0 fully saturated rings. The summed E-state index contributed by atoms with van der Waals surface area (Å²) < 4.78 is 51.7. The van der Waals surface area contributed by atoms with E-state index in [4.69, 9.17) is 14.9 Å². The minimum atomic E-state index is -4.79. The fourth-order valence-electron chi connectivity index (χ4n) is 3.36. The number of halogens is 3. The van der Waals surface area contributed by atoms with Crippen molar-refractivity contribution in [3.63, 3.8) is 0 Å². The van der Waals surface area contributed by atoms with Gasteiger partial charge in [-0.05, 0) is 18.2 Å². The molecule has 0 spiro atoms. The smallest absolute Gasteiger partial charge is 0.433 e. The van der Waals surface area contributed by atoms with E-state index < -0.39 is 34.3 Å². The molecule has 0 unspecified atom stereocenters. The van der Waals surface area contributed by atoms with Gasteiger partial charge in [0.15, 0.2) is 0 Å². The highest BCUT2D eigenvalue weighted by atomic mass is 32.1.